The lowest BCUT2D eigenvalue weighted by Crippen LogP contribution is -2.52. The molecule has 3 N–H and O–H groups in total. The maximum absolute atomic E-state index is 12.0. The summed E-state index contributed by atoms with van der Waals surface area (Å²) >= 11 is 0. The fourth-order valence-corrected chi connectivity index (χ4v) is 3.09. The minimum absolute atomic E-state index is 0. The van der Waals surface area contributed by atoms with E-state index in [2.05, 4.69) is 15.4 Å². The van der Waals surface area contributed by atoms with Crippen molar-refractivity contribution in [3.63, 3.8) is 0 Å². The summed E-state index contributed by atoms with van der Waals surface area (Å²) < 4.78 is 31.6. The lowest BCUT2D eigenvalue weighted by Gasteiger charge is -2.22. The van der Waals surface area contributed by atoms with Crippen LogP contribution in [0.1, 0.15) is 0 Å². The standard InChI is InChI=1S/C13H18N4O6S.ClH/c18-13(12-9-23-8-7-14-12)15-5-6-16-24(21,22)11-3-1-10(2-4-11)17(19)20;/h1-4,12,14,16H,5-9H2,(H,15,18);1H. The maximum atomic E-state index is 12.0. The minimum atomic E-state index is -3.79. The first-order valence-corrected chi connectivity index (χ1v) is 8.71. The molecule has 0 aliphatic carbocycles. The molecule has 1 aromatic carbocycles. The Morgan fingerprint density at radius 3 is 2.56 bits per heavy atom. The van der Waals surface area contributed by atoms with Gasteiger partial charge in [-0.05, 0) is 12.1 Å². The quantitative estimate of drug-likeness (QED) is 0.318. The Labute approximate surface area is 150 Å². The molecular formula is C13H19ClN4O6S. The van der Waals surface area contributed by atoms with Gasteiger partial charge in [-0.25, -0.2) is 13.1 Å². The summed E-state index contributed by atoms with van der Waals surface area (Å²) in [6.07, 6.45) is 0. The number of nitrogens with one attached hydrogen (secondary N) is 3. The number of sulfonamides is 1. The van der Waals surface area contributed by atoms with Crippen LogP contribution in [0.2, 0.25) is 0 Å². The largest absolute Gasteiger partial charge is 0.378 e. The van der Waals surface area contributed by atoms with Gasteiger partial charge in [0.2, 0.25) is 15.9 Å². The van der Waals surface area contributed by atoms with Gasteiger partial charge in [0.05, 0.1) is 23.0 Å². The summed E-state index contributed by atoms with van der Waals surface area (Å²) in [5.41, 5.74) is -0.191. The van der Waals surface area contributed by atoms with Crippen LogP contribution in [0.3, 0.4) is 0 Å². The van der Waals surface area contributed by atoms with Crippen LogP contribution >= 0.6 is 12.4 Å². The van der Waals surface area contributed by atoms with Gasteiger partial charge in [-0.2, -0.15) is 0 Å². The van der Waals surface area contributed by atoms with Crippen molar-refractivity contribution in [1.29, 1.82) is 0 Å². The fourth-order valence-electron chi connectivity index (χ4n) is 2.06. The molecule has 1 fully saturated rings. The number of hydrogen-bond donors (Lipinski definition) is 3. The van der Waals surface area contributed by atoms with Gasteiger partial charge in [-0.15, -0.1) is 12.4 Å². The molecule has 0 bridgehead atoms. The zero-order chi connectivity index (χ0) is 17.6. The molecule has 0 saturated carbocycles. The summed E-state index contributed by atoms with van der Waals surface area (Å²) in [6, 6.07) is 4.10. The molecule has 12 heteroatoms. The fraction of sp³-hybridized carbons (Fsp3) is 0.462. The lowest BCUT2D eigenvalue weighted by atomic mass is 10.2. The molecule has 0 spiro atoms. The molecule has 10 nitrogen and oxygen atoms in total. The molecule has 0 radical (unpaired) electrons. The zero-order valence-electron chi connectivity index (χ0n) is 13.1. The normalized spacial score (nSPS) is 17.4. The van der Waals surface area contributed by atoms with E-state index in [4.69, 9.17) is 4.74 Å². The van der Waals surface area contributed by atoms with Crippen LogP contribution in [-0.2, 0) is 19.6 Å². The van der Waals surface area contributed by atoms with Crippen LogP contribution in [0, 0.1) is 10.1 Å². The smallest absolute Gasteiger partial charge is 0.269 e. The highest BCUT2D eigenvalue weighted by atomic mass is 35.5. The highest BCUT2D eigenvalue weighted by Gasteiger charge is 2.21. The second kappa shape index (κ2) is 9.63. The third-order valence-electron chi connectivity index (χ3n) is 3.31. The molecule has 1 saturated heterocycles. The Morgan fingerprint density at radius 2 is 2.00 bits per heavy atom. The first-order valence-electron chi connectivity index (χ1n) is 7.23. The Hall–Kier alpha value is -1.79. The van der Waals surface area contributed by atoms with E-state index in [9.17, 15) is 23.3 Å². The van der Waals surface area contributed by atoms with E-state index in [1.807, 2.05) is 0 Å². The van der Waals surface area contributed by atoms with Crippen molar-refractivity contribution in [3.05, 3.63) is 34.4 Å². The Morgan fingerprint density at radius 1 is 1.32 bits per heavy atom. The van der Waals surface area contributed by atoms with E-state index in [1.54, 1.807) is 0 Å². The van der Waals surface area contributed by atoms with E-state index >= 15 is 0 Å². The van der Waals surface area contributed by atoms with Crippen molar-refractivity contribution in [2.45, 2.75) is 10.9 Å². The number of non-ortho nitro benzene ring substituents is 1. The zero-order valence-corrected chi connectivity index (χ0v) is 14.8. The van der Waals surface area contributed by atoms with Crippen molar-refractivity contribution >= 4 is 34.0 Å². The molecule has 1 amide bonds. The number of nitro benzene ring substituents is 1. The molecule has 140 valence electrons. The second-order valence-corrected chi connectivity index (χ2v) is 6.79. The summed E-state index contributed by atoms with van der Waals surface area (Å²) in [4.78, 5) is 21.7. The third-order valence-corrected chi connectivity index (χ3v) is 4.79. The van der Waals surface area contributed by atoms with Crippen molar-refractivity contribution in [2.24, 2.45) is 0 Å². The molecule has 1 unspecified atom stereocenters. The van der Waals surface area contributed by atoms with Gasteiger partial charge in [0.25, 0.3) is 5.69 Å². The number of morpholine rings is 1. The third kappa shape index (κ3) is 6.21. The molecule has 2 rings (SSSR count). The number of rotatable bonds is 7. The van der Waals surface area contributed by atoms with Crippen molar-refractivity contribution in [2.75, 3.05) is 32.8 Å². The van der Waals surface area contributed by atoms with Gasteiger partial charge in [0.1, 0.15) is 6.04 Å². The Bertz CT molecular complexity index is 691. The van der Waals surface area contributed by atoms with Crippen molar-refractivity contribution in [3.8, 4) is 0 Å². The SMILES string of the molecule is Cl.O=C(NCCNS(=O)(=O)c1ccc([N+](=O)[O-])cc1)C1COCCN1. The first-order chi connectivity index (χ1) is 11.4. The highest BCUT2D eigenvalue weighted by molar-refractivity contribution is 7.89. The average Bonchev–Trinajstić information content (AvgIpc) is 2.59. The molecule has 1 aromatic rings. The van der Waals surface area contributed by atoms with Gasteiger partial charge in [0.15, 0.2) is 0 Å². The van der Waals surface area contributed by atoms with E-state index in [0.717, 1.165) is 24.3 Å². The molecule has 1 atom stereocenters. The lowest BCUT2D eigenvalue weighted by molar-refractivity contribution is -0.384. The maximum Gasteiger partial charge on any atom is 0.269 e. The van der Waals surface area contributed by atoms with Crippen LogP contribution in [0.5, 0.6) is 0 Å². The van der Waals surface area contributed by atoms with E-state index in [0.29, 0.717) is 13.2 Å². The Balaban J connectivity index is 0.00000312. The van der Waals surface area contributed by atoms with E-state index < -0.39 is 21.0 Å². The number of hydrogen-bond acceptors (Lipinski definition) is 7. The minimum Gasteiger partial charge on any atom is -0.378 e. The number of carbonyl (C=O) groups is 1. The van der Waals surface area contributed by atoms with Crippen LogP contribution in [0.15, 0.2) is 29.2 Å². The monoisotopic (exact) mass is 394 g/mol. The van der Waals surface area contributed by atoms with Gasteiger partial charge < -0.3 is 15.4 Å². The highest BCUT2D eigenvalue weighted by Crippen LogP contribution is 2.15. The number of nitro groups is 1. The first kappa shape index (κ1) is 21.3. The van der Waals surface area contributed by atoms with Crippen LogP contribution < -0.4 is 15.4 Å². The molecule has 25 heavy (non-hydrogen) atoms. The van der Waals surface area contributed by atoms with Crippen molar-refractivity contribution in [1.82, 2.24) is 15.4 Å². The number of benzene rings is 1. The summed E-state index contributed by atoms with van der Waals surface area (Å²) in [5, 5.41) is 16.1. The van der Waals surface area contributed by atoms with Crippen LogP contribution in [0.25, 0.3) is 0 Å². The number of ether oxygens (including phenoxy) is 1. The Kier molecular flexibility index (Phi) is 8.19. The average molecular weight is 395 g/mol. The molecule has 0 aromatic heterocycles. The van der Waals surface area contributed by atoms with Gasteiger partial charge in [0, 0.05) is 31.8 Å². The van der Waals surface area contributed by atoms with E-state index in [1.165, 1.54) is 0 Å². The number of carbonyl (C=O) groups excluding carboxylic acids is 1. The van der Waals surface area contributed by atoms with Crippen LogP contribution in [0.4, 0.5) is 5.69 Å². The molecular weight excluding hydrogens is 376 g/mol. The van der Waals surface area contributed by atoms with Crippen LogP contribution in [-0.4, -0.2) is 58.1 Å². The number of halogens is 1. The summed E-state index contributed by atoms with van der Waals surface area (Å²) in [6.45, 7) is 1.53. The van der Waals surface area contributed by atoms with E-state index in [-0.39, 0.29) is 48.6 Å². The molecule has 1 aliphatic heterocycles. The second-order valence-electron chi connectivity index (χ2n) is 5.02. The summed E-state index contributed by atoms with van der Waals surface area (Å²) in [7, 11) is -3.79. The summed E-state index contributed by atoms with van der Waals surface area (Å²) in [5.74, 6) is -0.260. The molecule has 1 heterocycles. The van der Waals surface area contributed by atoms with Gasteiger partial charge in [-0.3, -0.25) is 14.9 Å². The topological polar surface area (TPSA) is 140 Å². The predicted octanol–water partition coefficient (Wildman–Crippen LogP) is -0.600. The van der Waals surface area contributed by atoms with Gasteiger partial charge in [-0.1, -0.05) is 0 Å². The molecule has 1 aliphatic rings. The number of nitrogens with zero attached hydrogens (tertiary/aromatic N) is 1. The van der Waals surface area contributed by atoms with Gasteiger partial charge >= 0.3 is 0 Å². The van der Waals surface area contributed by atoms with Crippen molar-refractivity contribution < 1.29 is 22.9 Å². The number of amides is 1. The predicted molar refractivity (Wildman–Crippen MR) is 91.2 cm³/mol.